The van der Waals surface area contributed by atoms with Crippen LogP contribution in [0.2, 0.25) is 0 Å². The fourth-order valence-corrected chi connectivity index (χ4v) is 2.09. The van der Waals surface area contributed by atoms with Gasteiger partial charge >= 0.3 is 0 Å². The van der Waals surface area contributed by atoms with Gasteiger partial charge in [-0.3, -0.25) is 4.90 Å². The van der Waals surface area contributed by atoms with Crippen molar-refractivity contribution >= 4 is 12.4 Å². The van der Waals surface area contributed by atoms with Gasteiger partial charge in [-0.15, -0.1) is 12.4 Å². The minimum absolute atomic E-state index is 0. The van der Waals surface area contributed by atoms with E-state index in [-0.39, 0.29) is 12.4 Å². The van der Waals surface area contributed by atoms with E-state index in [2.05, 4.69) is 4.90 Å². The largest absolute Gasteiger partial charge is 0.493 e. The zero-order valence-corrected chi connectivity index (χ0v) is 11.5. The fraction of sp³-hybridized carbons (Fsp3) is 0.538. The average molecular weight is 273 g/mol. The number of hydrogen-bond acceptors (Lipinski definition) is 4. The molecule has 1 atom stereocenters. The third-order valence-corrected chi connectivity index (χ3v) is 3.04. The summed E-state index contributed by atoms with van der Waals surface area (Å²) < 4.78 is 10.9. The summed E-state index contributed by atoms with van der Waals surface area (Å²) >= 11 is 0. The van der Waals surface area contributed by atoms with E-state index in [1.807, 2.05) is 24.3 Å². The van der Waals surface area contributed by atoms with Crippen LogP contribution in [0, 0.1) is 0 Å². The average Bonchev–Trinajstić information content (AvgIpc) is 2.76. The molecule has 1 aromatic carbocycles. The van der Waals surface area contributed by atoms with Gasteiger partial charge in [-0.1, -0.05) is 12.1 Å². The van der Waals surface area contributed by atoms with Crippen LogP contribution in [-0.2, 0) is 0 Å². The molecule has 102 valence electrons. The number of ether oxygens (including phenoxy) is 2. The van der Waals surface area contributed by atoms with Crippen LogP contribution in [-0.4, -0.2) is 44.3 Å². The van der Waals surface area contributed by atoms with Crippen LogP contribution in [0.3, 0.4) is 0 Å². The summed E-state index contributed by atoms with van der Waals surface area (Å²) in [7, 11) is 1.65. The molecule has 1 aliphatic rings. The highest BCUT2D eigenvalue weighted by molar-refractivity contribution is 5.85. The Hall–Kier alpha value is -0.970. The zero-order chi connectivity index (χ0) is 12.1. The molecular formula is C13H21ClN2O2. The Bertz CT molecular complexity index is 363. The first-order valence-electron chi connectivity index (χ1n) is 6.03. The molecule has 2 N–H and O–H groups in total. The van der Waals surface area contributed by atoms with Crippen LogP contribution >= 0.6 is 12.4 Å². The molecule has 0 bridgehead atoms. The molecule has 0 amide bonds. The second-order valence-electron chi connectivity index (χ2n) is 4.35. The summed E-state index contributed by atoms with van der Waals surface area (Å²) in [6.45, 7) is 3.66. The van der Waals surface area contributed by atoms with Gasteiger partial charge in [0.05, 0.1) is 7.11 Å². The van der Waals surface area contributed by atoms with Crippen molar-refractivity contribution in [1.82, 2.24) is 4.90 Å². The minimum atomic E-state index is 0. The van der Waals surface area contributed by atoms with Gasteiger partial charge in [-0.05, 0) is 25.1 Å². The molecule has 0 aliphatic carbocycles. The lowest BCUT2D eigenvalue weighted by atomic mass is 10.3. The molecule has 1 aromatic rings. The third kappa shape index (κ3) is 4.05. The van der Waals surface area contributed by atoms with E-state index in [9.17, 15) is 0 Å². The first-order valence-corrected chi connectivity index (χ1v) is 6.03. The second kappa shape index (κ2) is 7.46. The van der Waals surface area contributed by atoms with Crippen LogP contribution < -0.4 is 15.2 Å². The van der Waals surface area contributed by atoms with E-state index in [0.717, 1.165) is 37.6 Å². The van der Waals surface area contributed by atoms with Crippen molar-refractivity contribution in [3.8, 4) is 11.5 Å². The zero-order valence-electron chi connectivity index (χ0n) is 10.7. The summed E-state index contributed by atoms with van der Waals surface area (Å²) in [5.74, 6) is 1.59. The maximum absolute atomic E-state index is 5.85. The Kier molecular flexibility index (Phi) is 6.25. The number of likely N-dealkylation sites (tertiary alicyclic amines) is 1. The number of para-hydroxylation sites is 2. The van der Waals surface area contributed by atoms with Gasteiger partial charge in [-0.25, -0.2) is 0 Å². The van der Waals surface area contributed by atoms with Crippen molar-refractivity contribution in [2.75, 3.05) is 33.4 Å². The van der Waals surface area contributed by atoms with E-state index >= 15 is 0 Å². The van der Waals surface area contributed by atoms with Crippen molar-refractivity contribution in [2.45, 2.75) is 12.5 Å². The predicted octanol–water partition coefficient (Wildman–Crippen LogP) is 1.53. The summed E-state index contributed by atoms with van der Waals surface area (Å²) in [6, 6.07) is 8.05. The molecular weight excluding hydrogens is 252 g/mol. The van der Waals surface area contributed by atoms with Crippen molar-refractivity contribution in [3.05, 3.63) is 24.3 Å². The van der Waals surface area contributed by atoms with Crippen molar-refractivity contribution in [2.24, 2.45) is 5.73 Å². The molecule has 0 unspecified atom stereocenters. The van der Waals surface area contributed by atoms with Gasteiger partial charge < -0.3 is 15.2 Å². The van der Waals surface area contributed by atoms with Crippen molar-refractivity contribution < 1.29 is 9.47 Å². The van der Waals surface area contributed by atoms with E-state index in [1.54, 1.807) is 7.11 Å². The number of nitrogens with zero attached hydrogens (tertiary/aromatic N) is 1. The third-order valence-electron chi connectivity index (χ3n) is 3.04. The summed E-state index contributed by atoms with van der Waals surface area (Å²) in [6.07, 6.45) is 1.09. The van der Waals surface area contributed by atoms with Crippen LogP contribution in [0.1, 0.15) is 6.42 Å². The summed E-state index contributed by atoms with van der Waals surface area (Å²) in [5.41, 5.74) is 5.85. The molecule has 18 heavy (non-hydrogen) atoms. The Morgan fingerprint density at radius 1 is 1.33 bits per heavy atom. The van der Waals surface area contributed by atoms with E-state index < -0.39 is 0 Å². The van der Waals surface area contributed by atoms with E-state index in [0.29, 0.717) is 12.6 Å². The smallest absolute Gasteiger partial charge is 0.161 e. The number of hydrogen-bond donors (Lipinski definition) is 1. The lowest BCUT2D eigenvalue weighted by molar-refractivity contribution is 0.229. The molecule has 1 aliphatic heterocycles. The highest BCUT2D eigenvalue weighted by Crippen LogP contribution is 2.25. The molecule has 1 fully saturated rings. The number of methoxy groups -OCH3 is 1. The van der Waals surface area contributed by atoms with Crippen LogP contribution in [0.25, 0.3) is 0 Å². The number of rotatable bonds is 5. The van der Waals surface area contributed by atoms with Gasteiger partial charge in [0.25, 0.3) is 0 Å². The Morgan fingerprint density at radius 3 is 2.67 bits per heavy atom. The number of nitrogens with two attached hydrogens (primary N) is 1. The highest BCUT2D eigenvalue weighted by Gasteiger charge is 2.18. The lowest BCUT2D eigenvalue weighted by Crippen LogP contribution is -2.29. The fourth-order valence-electron chi connectivity index (χ4n) is 2.09. The second-order valence-corrected chi connectivity index (χ2v) is 4.35. The van der Waals surface area contributed by atoms with Crippen molar-refractivity contribution in [1.29, 1.82) is 0 Å². The van der Waals surface area contributed by atoms with Crippen LogP contribution in [0.15, 0.2) is 24.3 Å². The molecule has 0 spiro atoms. The van der Waals surface area contributed by atoms with Gasteiger partial charge in [0.15, 0.2) is 11.5 Å². The quantitative estimate of drug-likeness (QED) is 0.883. The molecule has 1 heterocycles. The molecule has 0 aromatic heterocycles. The van der Waals surface area contributed by atoms with Gasteiger partial charge in [0.2, 0.25) is 0 Å². The first kappa shape index (κ1) is 15.1. The highest BCUT2D eigenvalue weighted by atomic mass is 35.5. The Labute approximate surface area is 114 Å². The van der Waals surface area contributed by atoms with Crippen LogP contribution in [0.5, 0.6) is 11.5 Å². The number of benzene rings is 1. The molecule has 0 saturated carbocycles. The maximum atomic E-state index is 5.85. The first-order chi connectivity index (χ1) is 8.29. The minimum Gasteiger partial charge on any atom is -0.493 e. The standard InChI is InChI=1S/C13H20N2O2.ClH/c1-16-12-4-2-3-5-13(12)17-9-8-15-7-6-11(14)10-15;/h2-5,11H,6-10,14H2,1H3;1H/t11-;/m0./s1. The van der Waals surface area contributed by atoms with E-state index in [1.165, 1.54) is 0 Å². The Morgan fingerprint density at radius 2 is 2.06 bits per heavy atom. The van der Waals surface area contributed by atoms with Gasteiger partial charge in [-0.2, -0.15) is 0 Å². The molecule has 2 rings (SSSR count). The molecule has 4 nitrogen and oxygen atoms in total. The molecule has 5 heteroatoms. The molecule has 1 saturated heterocycles. The van der Waals surface area contributed by atoms with E-state index in [4.69, 9.17) is 15.2 Å². The van der Waals surface area contributed by atoms with Crippen LogP contribution in [0.4, 0.5) is 0 Å². The lowest BCUT2D eigenvalue weighted by Gasteiger charge is -2.16. The van der Waals surface area contributed by atoms with Gasteiger partial charge in [0.1, 0.15) is 6.61 Å². The monoisotopic (exact) mass is 272 g/mol. The maximum Gasteiger partial charge on any atom is 0.161 e. The summed E-state index contributed by atoms with van der Waals surface area (Å²) in [4.78, 5) is 2.33. The van der Waals surface area contributed by atoms with Gasteiger partial charge in [0, 0.05) is 19.1 Å². The Balaban J connectivity index is 0.00000162. The number of halogens is 1. The molecule has 0 radical (unpaired) electrons. The normalized spacial score (nSPS) is 19.3. The predicted molar refractivity (Wildman–Crippen MR) is 74.8 cm³/mol. The SMILES string of the molecule is COc1ccccc1OCCN1CC[C@H](N)C1.Cl. The summed E-state index contributed by atoms with van der Waals surface area (Å²) in [5, 5.41) is 0. The topological polar surface area (TPSA) is 47.7 Å². The van der Waals surface area contributed by atoms with Crippen molar-refractivity contribution in [3.63, 3.8) is 0 Å².